The Morgan fingerprint density at radius 2 is 1.75 bits per heavy atom. The minimum atomic E-state index is -3.75. The molecule has 0 spiro atoms. The number of pyridine rings is 1. The first kappa shape index (κ1) is 20.6. The van der Waals surface area contributed by atoms with E-state index in [2.05, 4.69) is 34.3 Å². The van der Waals surface area contributed by atoms with Gasteiger partial charge < -0.3 is 5.32 Å². The molecule has 0 saturated heterocycles. The Morgan fingerprint density at radius 1 is 0.938 bits per heavy atom. The molecule has 1 unspecified atom stereocenters. The molecule has 5 rings (SSSR count). The molecule has 5 nitrogen and oxygen atoms in total. The summed E-state index contributed by atoms with van der Waals surface area (Å²) in [4.78, 5) is 4.78. The van der Waals surface area contributed by atoms with Crippen LogP contribution in [0.2, 0.25) is 0 Å². The van der Waals surface area contributed by atoms with Crippen molar-refractivity contribution in [2.24, 2.45) is 0 Å². The maximum absolute atomic E-state index is 13.1. The molecular formula is C25H22FN3O2S. The van der Waals surface area contributed by atoms with E-state index in [0.29, 0.717) is 0 Å². The molecule has 1 aromatic heterocycles. The Hall–Kier alpha value is -3.29. The molecule has 1 heterocycles. The van der Waals surface area contributed by atoms with E-state index < -0.39 is 15.8 Å². The highest BCUT2D eigenvalue weighted by Crippen LogP contribution is 2.33. The summed E-state index contributed by atoms with van der Waals surface area (Å²) >= 11 is 0. The van der Waals surface area contributed by atoms with Crippen LogP contribution in [0, 0.1) is 5.82 Å². The summed E-state index contributed by atoms with van der Waals surface area (Å²) in [5, 5.41) is 4.42. The second-order valence-electron chi connectivity index (χ2n) is 7.89. The lowest BCUT2D eigenvalue weighted by Crippen LogP contribution is -2.23. The van der Waals surface area contributed by atoms with E-state index in [0.717, 1.165) is 47.3 Å². The number of hydrogen-bond acceptors (Lipinski definition) is 4. The molecular weight excluding hydrogens is 425 g/mol. The van der Waals surface area contributed by atoms with Gasteiger partial charge in [0.2, 0.25) is 10.0 Å². The van der Waals surface area contributed by atoms with Gasteiger partial charge in [0.05, 0.1) is 16.5 Å². The van der Waals surface area contributed by atoms with Gasteiger partial charge in [0.15, 0.2) is 0 Å². The quantitative estimate of drug-likeness (QED) is 0.439. The normalized spacial score (nSPS) is 15.6. The van der Waals surface area contributed by atoms with Crippen molar-refractivity contribution in [3.63, 3.8) is 0 Å². The smallest absolute Gasteiger partial charge is 0.240 e. The average molecular weight is 448 g/mol. The van der Waals surface area contributed by atoms with Gasteiger partial charge in [0, 0.05) is 11.9 Å². The van der Waals surface area contributed by atoms with Crippen LogP contribution < -0.4 is 10.0 Å². The van der Waals surface area contributed by atoms with Crippen LogP contribution in [-0.2, 0) is 23.0 Å². The van der Waals surface area contributed by atoms with Crippen LogP contribution in [0.25, 0.3) is 10.9 Å². The first-order valence-corrected chi connectivity index (χ1v) is 12.0. The molecule has 0 saturated carbocycles. The molecule has 0 amide bonds. The van der Waals surface area contributed by atoms with Gasteiger partial charge in [-0.2, -0.15) is 0 Å². The zero-order valence-corrected chi connectivity index (χ0v) is 18.1. The minimum Gasteiger partial charge on any atom is -0.363 e. The second-order valence-corrected chi connectivity index (χ2v) is 9.66. The summed E-state index contributed by atoms with van der Waals surface area (Å²) in [6, 6.07) is 23.0. The third-order valence-corrected chi connectivity index (χ3v) is 7.27. The van der Waals surface area contributed by atoms with Crippen LogP contribution in [0.15, 0.2) is 83.8 Å². The Bertz CT molecular complexity index is 1390. The summed E-state index contributed by atoms with van der Waals surface area (Å²) in [6.45, 7) is 0.113. The number of anilines is 1. The van der Waals surface area contributed by atoms with Crippen molar-refractivity contribution in [1.29, 1.82) is 0 Å². The lowest BCUT2D eigenvalue weighted by Gasteiger charge is -2.16. The number of nitrogens with one attached hydrogen (secondary N) is 2. The Morgan fingerprint density at radius 3 is 2.59 bits per heavy atom. The van der Waals surface area contributed by atoms with E-state index in [1.807, 2.05) is 30.3 Å². The van der Waals surface area contributed by atoms with Crippen molar-refractivity contribution >= 4 is 26.7 Å². The van der Waals surface area contributed by atoms with Gasteiger partial charge in [0.1, 0.15) is 11.6 Å². The first-order chi connectivity index (χ1) is 15.5. The molecule has 0 aliphatic heterocycles. The van der Waals surface area contributed by atoms with Gasteiger partial charge in [-0.1, -0.05) is 36.4 Å². The fourth-order valence-electron chi connectivity index (χ4n) is 4.21. The first-order valence-electron chi connectivity index (χ1n) is 10.5. The highest BCUT2D eigenvalue weighted by molar-refractivity contribution is 7.89. The fraction of sp³-hybridized carbons (Fsp3) is 0.160. The van der Waals surface area contributed by atoms with Crippen molar-refractivity contribution in [2.75, 3.05) is 5.32 Å². The van der Waals surface area contributed by atoms with Crippen molar-refractivity contribution < 1.29 is 12.8 Å². The van der Waals surface area contributed by atoms with E-state index in [-0.39, 0.29) is 17.5 Å². The number of halogens is 1. The number of aromatic nitrogens is 1. The molecule has 1 aliphatic carbocycles. The molecule has 1 atom stereocenters. The van der Waals surface area contributed by atoms with Crippen molar-refractivity contribution in [1.82, 2.24) is 9.71 Å². The molecule has 0 radical (unpaired) electrons. The van der Waals surface area contributed by atoms with Crippen LogP contribution in [0.1, 0.15) is 29.2 Å². The maximum atomic E-state index is 13.1. The number of benzene rings is 3. The predicted molar refractivity (Wildman–Crippen MR) is 123 cm³/mol. The van der Waals surface area contributed by atoms with E-state index >= 15 is 0 Å². The Kier molecular flexibility index (Phi) is 5.36. The number of nitrogens with zero attached hydrogens (tertiary/aromatic N) is 1. The second kappa shape index (κ2) is 8.33. The van der Waals surface area contributed by atoms with Gasteiger partial charge in [-0.15, -0.1) is 0 Å². The van der Waals surface area contributed by atoms with Crippen LogP contribution in [0.5, 0.6) is 0 Å². The summed E-state index contributed by atoms with van der Waals surface area (Å²) < 4.78 is 40.8. The molecule has 0 bridgehead atoms. The van der Waals surface area contributed by atoms with Crippen molar-refractivity contribution in [3.8, 4) is 0 Å². The highest BCUT2D eigenvalue weighted by atomic mass is 32.2. The summed E-state index contributed by atoms with van der Waals surface area (Å²) in [6.07, 6.45) is 2.09. The predicted octanol–water partition coefficient (Wildman–Crippen LogP) is 4.95. The fourth-order valence-corrected chi connectivity index (χ4v) is 5.22. The topological polar surface area (TPSA) is 71.1 Å². The van der Waals surface area contributed by atoms with Crippen LogP contribution >= 0.6 is 0 Å². The molecule has 32 heavy (non-hydrogen) atoms. The number of aryl methyl sites for hydroxylation is 1. The van der Waals surface area contributed by atoms with E-state index in [4.69, 9.17) is 4.98 Å². The standard InChI is InChI=1S/C25H22FN3O2S/c26-19-9-11-20(12-10-19)32(30,31)27-16-18-5-3-7-23-22(18)13-15-25(28-23)29-24-14-8-17-4-1-2-6-21(17)24/h1-7,9-13,15,24,27H,8,14,16H2,(H,28,29). The largest absolute Gasteiger partial charge is 0.363 e. The van der Waals surface area contributed by atoms with Crippen LogP contribution in [0.4, 0.5) is 10.2 Å². The summed E-state index contributed by atoms with van der Waals surface area (Å²) in [7, 11) is -3.75. The average Bonchev–Trinajstić information content (AvgIpc) is 3.20. The van der Waals surface area contributed by atoms with Gasteiger partial charge in [-0.05, 0) is 72.0 Å². The summed E-state index contributed by atoms with van der Waals surface area (Å²) in [5.41, 5.74) is 4.30. The SMILES string of the molecule is O=S(=O)(NCc1cccc2nc(NC3CCc4ccccc43)ccc12)c1ccc(F)cc1. The number of fused-ring (bicyclic) bond motifs is 2. The maximum Gasteiger partial charge on any atom is 0.240 e. The van der Waals surface area contributed by atoms with Gasteiger partial charge in [-0.25, -0.2) is 22.5 Å². The van der Waals surface area contributed by atoms with Gasteiger partial charge in [0.25, 0.3) is 0 Å². The highest BCUT2D eigenvalue weighted by Gasteiger charge is 2.22. The monoisotopic (exact) mass is 447 g/mol. The van der Waals surface area contributed by atoms with Crippen LogP contribution in [0.3, 0.4) is 0 Å². The van der Waals surface area contributed by atoms with Crippen LogP contribution in [-0.4, -0.2) is 13.4 Å². The molecule has 0 fully saturated rings. The molecule has 4 aromatic rings. The molecule has 1 aliphatic rings. The molecule has 162 valence electrons. The van der Waals surface area contributed by atoms with E-state index in [1.165, 1.54) is 23.3 Å². The molecule has 2 N–H and O–H groups in total. The lowest BCUT2D eigenvalue weighted by atomic mass is 10.1. The number of rotatable bonds is 6. The Balaban J connectivity index is 1.35. The third-order valence-electron chi connectivity index (χ3n) is 5.85. The number of sulfonamides is 1. The third kappa shape index (κ3) is 4.09. The minimum absolute atomic E-state index is 0.0283. The van der Waals surface area contributed by atoms with E-state index in [1.54, 1.807) is 0 Å². The van der Waals surface area contributed by atoms with Crippen molar-refractivity contribution in [2.45, 2.75) is 30.3 Å². The number of hydrogen-bond donors (Lipinski definition) is 2. The van der Waals surface area contributed by atoms with Crippen molar-refractivity contribution in [3.05, 3.63) is 101 Å². The lowest BCUT2D eigenvalue weighted by molar-refractivity contribution is 0.580. The van der Waals surface area contributed by atoms with Gasteiger partial charge in [-0.3, -0.25) is 0 Å². The summed E-state index contributed by atoms with van der Waals surface area (Å²) in [5.74, 6) is 0.317. The van der Waals surface area contributed by atoms with Gasteiger partial charge >= 0.3 is 0 Å². The molecule has 3 aromatic carbocycles. The molecule has 7 heteroatoms. The zero-order chi connectivity index (χ0) is 22.1. The zero-order valence-electron chi connectivity index (χ0n) is 17.3. The Labute approximate surface area is 186 Å². The van der Waals surface area contributed by atoms with E-state index in [9.17, 15) is 12.8 Å².